The third kappa shape index (κ3) is 2.21. The Morgan fingerprint density at radius 2 is 1.87 bits per heavy atom. The number of aromatic nitrogens is 2. The van der Waals surface area contributed by atoms with Gasteiger partial charge in [0.15, 0.2) is 0 Å². The van der Waals surface area contributed by atoms with Crippen LogP contribution in [0.4, 0.5) is 5.82 Å². The molecule has 0 saturated carbocycles. The van der Waals surface area contributed by atoms with E-state index in [0.717, 1.165) is 43.3 Å². The van der Waals surface area contributed by atoms with Gasteiger partial charge in [0.2, 0.25) is 5.28 Å². The Hall–Kier alpha value is -0.870. The Bertz CT molecular complexity index is 361. The number of rotatable bonds is 1. The first-order valence-corrected chi connectivity index (χ1v) is 5.52. The molecule has 82 valence electrons. The zero-order valence-electron chi connectivity index (χ0n) is 9.05. The maximum atomic E-state index is 5.88. The first-order valence-electron chi connectivity index (χ1n) is 5.15. The van der Waals surface area contributed by atoms with Crippen LogP contribution in [0.3, 0.4) is 0 Å². The van der Waals surface area contributed by atoms with E-state index in [1.54, 1.807) is 0 Å². The van der Waals surface area contributed by atoms with Crippen LogP contribution < -0.4 is 10.2 Å². The summed E-state index contributed by atoms with van der Waals surface area (Å²) in [5.74, 6) is 0.981. The molecule has 0 aromatic carbocycles. The molecule has 0 spiro atoms. The highest BCUT2D eigenvalue weighted by Crippen LogP contribution is 2.21. The topological polar surface area (TPSA) is 41.1 Å². The summed E-state index contributed by atoms with van der Waals surface area (Å²) in [6.45, 7) is 7.97. The molecule has 0 atom stereocenters. The van der Waals surface area contributed by atoms with Crippen LogP contribution in [0.5, 0.6) is 0 Å². The molecular weight excluding hydrogens is 212 g/mol. The fourth-order valence-electron chi connectivity index (χ4n) is 1.76. The molecule has 1 aromatic heterocycles. The predicted molar refractivity (Wildman–Crippen MR) is 61.6 cm³/mol. The van der Waals surface area contributed by atoms with Gasteiger partial charge in [-0.05, 0) is 25.4 Å². The number of nitrogens with one attached hydrogen (secondary N) is 1. The van der Waals surface area contributed by atoms with Crippen LogP contribution in [-0.4, -0.2) is 36.1 Å². The van der Waals surface area contributed by atoms with E-state index in [4.69, 9.17) is 11.6 Å². The molecule has 1 fully saturated rings. The van der Waals surface area contributed by atoms with E-state index in [9.17, 15) is 0 Å². The van der Waals surface area contributed by atoms with Crippen molar-refractivity contribution < 1.29 is 0 Å². The summed E-state index contributed by atoms with van der Waals surface area (Å²) in [7, 11) is 0. The summed E-state index contributed by atoms with van der Waals surface area (Å²) in [4.78, 5) is 10.7. The predicted octanol–water partition coefficient (Wildman–Crippen LogP) is 1.16. The second-order valence-electron chi connectivity index (χ2n) is 3.76. The average Bonchev–Trinajstić information content (AvgIpc) is 2.24. The summed E-state index contributed by atoms with van der Waals surface area (Å²) in [5, 5.41) is 3.65. The molecule has 4 nitrogen and oxygen atoms in total. The van der Waals surface area contributed by atoms with Gasteiger partial charge in [-0.25, -0.2) is 9.97 Å². The minimum Gasteiger partial charge on any atom is -0.354 e. The number of hydrogen-bond donors (Lipinski definition) is 1. The minimum atomic E-state index is 0.339. The number of piperazine rings is 1. The molecule has 0 unspecified atom stereocenters. The normalized spacial score (nSPS) is 16.9. The Labute approximate surface area is 94.7 Å². The zero-order chi connectivity index (χ0) is 10.8. The van der Waals surface area contributed by atoms with Crippen molar-refractivity contribution in [1.29, 1.82) is 0 Å². The smallest absolute Gasteiger partial charge is 0.224 e. The molecule has 1 aliphatic heterocycles. The summed E-state index contributed by atoms with van der Waals surface area (Å²) in [5.41, 5.74) is 2.09. The quantitative estimate of drug-likeness (QED) is 0.730. The molecule has 1 aromatic rings. The largest absolute Gasteiger partial charge is 0.354 e. The molecule has 1 aliphatic rings. The zero-order valence-corrected chi connectivity index (χ0v) is 9.80. The van der Waals surface area contributed by atoms with Crippen LogP contribution in [0.2, 0.25) is 5.28 Å². The molecular formula is C10H15ClN4. The van der Waals surface area contributed by atoms with Crippen molar-refractivity contribution >= 4 is 17.4 Å². The van der Waals surface area contributed by atoms with Gasteiger partial charge in [-0.3, -0.25) is 0 Å². The van der Waals surface area contributed by atoms with Crippen LogP contribution in [-0.2, 0) is 0 Å². The lowest BCUT2D eigenvalue weighted by atomic mass is 10.2. The van der Waals surface area contributed by atoms with Gasteiger partial charge in [0.25, 0.3) is 0 Å². The molecule has 2 heterocycles. The second-order valence-corrected chi connectivity index (χ2v) is 4.10. The molecule has 0 radical (unpaired) electrons. The van der Waals surface area contributed by atoms with Crippen molar-refractivity contribution in [2.75, 3.05) is 31.1 Å². The van der Waals surface area contributed by atoms with Crippen LogP contribution in [0.25, 0.3) is 0 Å². The second kappa shape index (κ2) is 4.33. The monoisotopic (exact) mass is 226 g/mol. The fraction of sp³-hybridized carbons (Fsp3) is 0.600. The van der Waals surface area contributed by atoms with Gasteiger partial charge in [0, 0.05) is 37.4 Å². The number of halogens is 1. The van der Waals surface area contributed by atoms with E-state index in [2.05, 4.69) is 20.2 Å². The van der Waals surface area contributed by atoms with E-state index >= 15 is 0 Å². The standard InChI is InChI=1S/C10H15ClN4/c1-7-8(2)13-10(11)14-9(7)15-5-3-12-4-6-15/h12H,3-6H2,1-2H3. The number of anilines is 1. The van der Waals surface area contributed by atoms with Crippen molar-refractivity contribution in [2.45, 2.75) is 13.8 Å². The Morgan fingerprint density at radius 1 is 1.20 bits per heavy atom. The van der Waals surface area contributed by atoms with Gasteiger partial charge in [-0.1, -0.05) is 0 Å². The summed E-state index contributed by atoms with van der Waals surface area (Å²) >= 11 is 5.88. The van der Waals surface area contributed by atoms with Crippen LogP contribution in [0.1, 0.15) is 11.3 Å². The number of aryl methyl sites for hydroxylation is 1. The van der Waals surface area contributed by atoms with Crippen molar-refractivity contribution in [1.82, 2.24) is 15.3 Å². The van der Waals surface area contributed by atoms with E-state index in [1.807, 2.05) is 13.8 Å². The summed E-state index contributed by atoms with van der Waals surface area (Å²) in [6.07, 6.45) is 0. The summed E-state index contributed by atoms with van der Waals surface area (Å²) in [6, 6.07) is 0. The highest BCUT2D eigenvalue weighted by molar-refractivity contribution is 6.28. The molecule has 2 rings (SSSR count). The first kappa shape index (κ1) is 10.6. The minimum absolute atomic E-state index is 0.339. The Balaban J connectivity index is 2.33. The molecule has 5 heteroatoms. The van der Waals surface area contributed by atoms with E-state index in [0.29, 0.717) is 5.28 Å². The maximum absolute atomic E-state index is 5.88. The van der Waals surface area contributed by atoms with Crippen LogP contribution in [0.15, 0.2) is 0 Å². The number of hydrogen-bond acceptors (Lipinski definition) is 4. The SMILES string of the molecule is Cc1nc(Cl)nc(N2CCNCC2)c1C. The van der Waals surface area contributed by atoms with Crippen LogP contribution >= 0.6 is 11.6 Å². The van der Waals surface area contributed by atoms with E-state index < -0.39 is 0 Å². The van der Waals surface area contributed by atoms with Gasteiger partial charge >= 0.3 is 0 Å². The fourth-order valence-corrected chi connectivity index (χ4v) is 1.97. The number of nitrogens with zero attached hydrogens (tertiary/aromatic N) is 3. The lowest BCUT2D eigenvalue weighted by Gasteiger charge is -2.29. The lowest BCUT2D eigenvalue weighted by molar-refractivity contribution is 0.583. The highest BCUT2D eigenvalue weighted by Gasteiger charge is 2.16. The summed E-state index contributed by atoms with van der Waals surface area (Å²) < 4.78 is 0. The first-order chi connectivity index (χ1) is 7.18. The molecule has 1 N–H and O–H groups in total. The third-order valence-electron chi connectivity index (χ3n) is 2.75. The maximum Gasteiger partial charge on any atom is 0.224 e. The molecule has 1 saturated heterocycles. The Morgan fingerprint density at radius 3 is 2.53 bits per heavy atom. The van der Waals surface area contributed by atoms with Crippen molar-refractivity contribution in [2.24, 2.45) is 0 Å². The molecule has 0 bridgehead atoms. The molecule has 0 aliphatic carbocycles. The van der Waals surface area contributed by atoms with Crippen LogP contribution in [0, 0.1) is 13.8 Å². The van der Waals surface area contributed by atoms with Gasteiger partial charge in [-0.2, -0.15) is 0 Å². The van der Waals surface area contributed by atoms with E-state index in [-0.39, 0.29) is 0 Å². The van der Waals surface area contributed by atoms with Gasteiger partial charge < -0.3 is 10.2 Å². The Kier molecular flexibility index (Phi) is 3.07. The molecule has 0 amide bonds. The van der Waals surface area contributed by atoms with Gasteiger partial charge in [0.05, 0.1) is 0 Å². The average molecular weight is 227 g/mol. The van der Waals surface area contributed by atoms with Crippen molar-refractivity contribution in [3.8, 4) is 0 Å². The lowest BCUT2D eigenvalue weighted by Crippen LogP contribution is -2.44. The van der Waals surface area contributed by atoms with Gasteiger partial charge in [-0.15, -0.1) is 0 Å². The third-order valence-corrected chi connectivity index (χ3v) is 2.92. The highest BCUT2D eigenvalue weighted by atomic mass is 35.5. The van der Waals surface area contributed by atoms with Crippen molar-refractivity contribution in [3.63, 3.8) is 0 Å². The van der Waals surface area contributed by atoms with Gasteiger partial charge in [0.1, 0.15) is 5.82 Å². The molecule has 15 heavy (non-hydrogen) atoms. The van der Waals surface area contributed by atoms with E-state index in [1.165, 1.54) is 0 Å². The van der Waals surface area contributed by atoms with Crippen molar-refractivity contribution in [3.05, 3.63) is 16.5 Å².